The lowest BCUT2D eigenvalue weighted by Gasteiger charge is -2.28. The number of hydrogen-bond donors (Lipinski definition) is 1. The van der Waals surface area contributed by atoms with Crippen molar-refractivity contribution in [1.29, 1.82) is 0 Å². The second-order valence-corrected chi connectivity index (χ2v) is 5.19. The number of rotatable bonds is 1. The van der Waals surface area contributed by atoms with Crippen LogP contribution in [0, 0.1) is 6.92 Å². The summed E-state index contributed by atoms with van der Waals surface area (Å²) < 4.78 is 37.8. The lowest BCUT2D eigenvalue weighted by atomic mass is 9.80. The number of nitrogens with two attached hydrogens (primary N) is 1. The van der Waals surface area contributed by atoms with Gasteiger partial charge in [-0.05, 0) is 55.4 Å². The molecule has 1 aromatic rings. The van der Waals surface area contributed by atoms with E-state index in [4.69, 9.17) is 5.73 Å². The van der Waals surface area contributed by atoms with E-state index < -0.39 is 11.7 Å². The van der Waals surface area contributed by atoms with Gasteiger partial charge in [-0.3, -0.25) is 0 Å². The molecule has 1 aliphatic carbocycles. The van der Waals surface area contributed by atoms with Crippen LogP contribution in [0.3, 0.4) is 0 Å². The quantitative estimate of drug-likeness (QED) is 0.808. The molecule has 0 spiro atoms. The fraction of sp³-hybridized carbons (Fsp3) is 0.571. The van der Waals surface area contributed by atoms with Crippen molar-refractivity contribution in [3.8, 4) is 0 Å². The molecular weight excluding hydrogens is 239 g/mol. The van der Waals surface area contributed by atoms with E-state index in [1.165, 1.54) is 12.1 Å². The van der Waals surface area contributed by atoms with Crippen molar-refractivity contribution in [3.05, 3.63) is 34.9 Å². The van der Waals surface area contributed by atoms with Gasteiger partial charge < -0.3 is 5.73 Å². The molecule has 1 aliphatic rings. The molecule has 0 amide bonds. The molecule has 4 heteroatoms. The highest BCUT2D eigenvalue weighted by Crippen LogP contribution is 2.36. The Labute approximate surface area is 105 Å². The topological polar surface area (TPSA) is 26.0 Å². The summed E-state index contributed by atoms with van der Waals surface area (Å²) in [5.74, 6) is 0.316. The molecule has 1 saturated carbocycles. The van der Waals surface area contributed by atoms with Crippen LogP contribution < -0.4 is 5.73 Å². The normalized spacial score (nSPS) is 25.2. The van der Waals surface area contributed by atoms with E-state index in [-0.39, 0.29) is 6.04 Å². The molecule has 2 rings (SSSR count). The predicted octanol–water partition coefficient (Wildman–Crippen LogP) is 4.00. The highest BCUT2D eigenvalue weighted by molar-refractivity contribution is 5.35. The Morgan fingerprint density at radius 2 is 1.94 bits per heavy atom. The molecule has 2 unspecified atom stereocenters. The van der Waals surface area contributed by atoms with E-state index >= 15 is 0 Å². The largest absolute Gasteiger partial charge is 0.416 e. The van der Waals surface area contributed by atoms with Crippen molar-refractivity contribution in [1.82, 2.24) is 0 Å². The Morgan fingerprint density at radius 1 is 1.22 bits per heavy atom. The zero-order chi connectivity index (χ0) is 13.3. The molecule has 0 radical (unpaired) electrons. The minimum Gasteiger partial charge on any atom is -0.328 e. The van der Waals surface area contributed by atoms with Gasteiger partial charge in [0.1, 0.15) is 0 Å². The maximum atomic E-state index is 12.6. The third-order valence-electron chi connectivity index (χ3n) is 3.75. The molecule has 100 valence electrons. The van der Waals surface area contributed by atoms with Crippen LogP contribution in [0.5, 0.6) is 0 Å². The fourth-order valence-corrected chi connectivity index (χ4v) is 2.82. The average Bonchev–Trinajstić information content (AvgIpc) is 2.27. The van der Waals surface area contributed by atoms with Crippen molar-refractivity contribution >= 4 is 0 Å². The lowest BCUT2D eigenvalue weighted by molar-refractivity contribution is -0.137. The maximum Gasteiger partial charge on any atom is 0.416 e. The number of hydrogen-bond acceptors (Lipinski definition) is 1. The van der Waals surface area contributed by atoms with Gasteiger partial charge in [-0.15, -0.1) is 0 Å². The van der Waals surface area contributed by atoms with Crippen LogP contribution in [0.4, 0.5) is 13.2 Å². The first-order chi connectivity index (χ1) is 8.38. The van der Waals surface area contributed by atoms with E-state index in [9.17, 15) is 13.2 Å². The van der Waals surface area contributed by atoms with Crippen LogP contribution in [0.2, 0.25) is 0 Å². The number of halogens is 3. The lowest BCUT2D eigenvalue weighted by Crippen LogP contribution is -2.27. The summed E-state index contributed by atoms with van der Waals surface area (Å²) >= 11 is 0. The predicted molar refractivity (Wildman–Crippen MR) is 65.4 cm³/mol. The van der Waals surface area contributed by atoms with Gasteiger partial charge in [-0.2, -0.15) is 13.2 Å². The van der Waals surface area contributed by atoms with Gasteiger partial charge in [0.2, 0.25) is 0 Å². The fourth-order valence-electron chi connectivity index (χ4n) is 2.82. The summed E-state index contributed by atoms with van der Waals surface area (Å²) in [6.07, 6.45) is -0.263. The number of benzene rings is 1. The Bertz CT molecular complexity index is 426. The first-order valence-corrected chi connectivity index (χ1v) is 6.31. The van der Waals surface area contributed by atoms with Crippen molar-refractivity contribution in [2.45, 2.75) is 50.7 Å². The van der Waals surface area contributed by atoms with E-state index in [1.54, 1.807) is 13.0 Å². The Balaban J connectivity index is 2.24. The monoisotopic (exact) mass is 257 g/mol. The van der Waals surface area contributed by atoms with Crippen LogP contribution in [0.1, 0.15) is 48.3 Å². The van der Waals surface area contributed by atoms with Crippen molar-refractivity contribution in [2.75, 3.05) is 0 Å². The standard InChI is InChI=1S/C14H18F3N/c1-9-7-11(14(15,16)17)5-6-13(9)10-3-2-4-12(18)8-10/h5-7,10,12H,2-4,8,18H2,1H3. The van der Waals surface area contributed by atoms with Crippen molar-refractivity contribution < 1.29 is 13.2 Å². The van der Waals surface area contributed by atoms with Crippen LogP contribution in [0.15, 0.2) is 18.2 Å². The van der Waals surface area contributed by atoms with E-state index in [0.717, 1.165) is 36.8 Å². The molecule has 0 bridgehead atoms. The van der Waals surface area contributed by atoms with Crippen molar-refractivity contribution in [2.24, 2.45) is 5.73 Å². The summed E-state index contributed by atoms with van der Waals surface area (Å²) in [7, 11) is 0. The van der Waals surface area contributed by atoms with Gasteiger partial charge >= 0.3 is 6.18 Å². The molecule has 0 aromatic heterocycles. The highest BCUT2D eigenvalue weighted by atomic mass is 19.4. The van der Waals surface area contributed by atoms with E-state index in [1.807, 2.05) is 0 Å². The molecule has 1 aromatic carbocycles. The third-order valence-corrected chi connectivity index (χ3v) is 3.75. The van der Waals surface area contributed by atoms with Gasteiger partial charge in [-0.25, -0.2) is 0 Å². The summed E-state index contributed by atoms with van der Waals surface area (Å²) in [6.45, 7) is 1.75. The molecule has 2 N–H and O–H groups in total. The smallest absolute Gasteiger partial charge is 0.328 e. The Hall–Kier alpha value is -1.03. The molecular formula is C14H18F3N. The first-order valence-electron chi connectivity index (χ1n) is 6.31. The minimum atomic E-state index is -4.26. The SMILES string of the molecule is Cc1cc(C(F)(F)F)ccc1C1CCCC(N)C1. The van der Waals surface area contributed by atoms with Crippen LogP contribution in [-0.2, 0) is 6.18 Å². The second-order valence-electron chi connectivity index (χ2n) is 5.19. The highest BCUT2D eigenvalue weighted by Gasteiger charge is 2.31. The zero-order valence-electron chi connectivity index (χ0n) is 10.4. The molecule has 0 aliphatic heterocycles. The average molecular weight is 257 g/mol. The van der Waals surface area contributed by atoms with Crippen molar-refractivity contribution in [3.63, 3.8) is 0 Å². The molecule has 1 fully saturated rings. The second kappa shape index (κ2) is 4.92. The number of alkyl halides is 3. The molecule has 18 heavy (non-hydrogen) atoms. The Morgan fingerprint density at radius 3 is 2.50 bits per heavy atom. The summed E-state index contributed by atoms with van der Waals surface area (Å²) in [5.41, 5.74) is 7.12. The minimum absolute atomic E-state index is 0.186. The van der Waals surface area contributed by atoms with E-state index in [2.05, 4.69) is 0 Å². The summed E-state index contributed by atoms with van der Waals surface area (Å²) in [5, 5.41) is 0. The number of aryl methyl sites for hydroxylation is 1. The Kier molecular flexibility index (Phi) is 3.66. The van der Waals surface area contributed by atoms with E-state index in [0.29, 0.717) is 5.92 Å². The zero-order valence-corrected chi connectivity index (χ0v) is 10.4. The van der Waals surface area contributed by atoms with Gasteiger partial charge in [0, 0.05) is 6.04 Å². The van der Waals surface area contributed by atoms with Crippen LogP contribution in [0.25, 0.3) is 0 Å². The third kappa shape index (κ3) is 2.86. The van der Waals surface area contributed by atoms with Gasteiger partial charge in [0.15, 0.2) is 0 Å². The maximum absolute atomic E-state index is 12.6. The van der Waals surface area contributed by atoms with Gasteiger partial charge in [-0.1, -0.05) is 12.5 Å². The molecule has 1 nitrogen and oxygen atoms in total. The summed E-state index contributed by atoms with van der Waals surface area (Å²) in [4.78, 5) is 0. The van der Waals surface area contributed by atoms with Gasteiger partial charge in [0.05, 0.1) is 5.56 Å². The molecule has 2 atom stereocenters. The van der Waals surface area contributed by atoms with Crippen LogP contribution >= 0.6 is 0 Å². The van der Waals surface area contributed by atoms with Crippen LogP contribution in [-0.4, -0.2) is 6.04 Å². The first kappa shape index (κ1) is 13.4. The summed E-state index contributed by atoms with van der Waals surface area (Å²) in [6, 6.07) is 4.24. The molecule has 0 saturated heterocycles. The molecule has 0 heterocycles. The van der Waals surface area contributed by atoms with Gasteiger partial charge in [0.25, 0.3) is 0 Å².